The van der Waals surface area contributed by atoms with E-state index in [1.807, 2.05) is 6.07 Å². The predicted octanol–water partition coefficient (Wildman–Crippen LogP) is 0.410. The van der Waals surface area contributed by atoms with Gasteiger partial charge in [0.2, 0.25) is 5.91 Å². The number of nitrogens with two attached hydrogens (primary N) is 1. The van der Waals surface area contributed by atoms with E-state index < -0.39 is 0 Å². The highest BCUT2D eigenvalue weighted by molar-refractivity contribution is 5.94. The molecule has 0 aliphatic heterocycles. The summed E-state index contributed by atoms with van der Waals surface area (Å²) in [5.74, 6) is -0.363. The van der Waals surface area contributed by atoms with E-state index in [1.165, 1.54) is 0 Å². The maximum atomic E-state index is 11.8. The maximum absolute atomic E-state index is 11.8. The van der Waals surface area contributed by atoms with Crippen LogP contribution in [0.1, 0.15) is 6.92 Å². The molecular weight excluding hydrogens is 244 g/mol. The molecule has 1 atom stereocenters. The molecule has 0 fully saturated rings. The maximum Gasteiger partial charge on any atom is 0.328 e. The van der Waals surface area contributed by atoms with Crippen molar-refractivity contribution in [1.82, 2.24) is 9.13 Å². The summed E-state index contributed by atoms with van der Waals surface area (Å²) in [5.41, 5.74) is 7.65. The van der Waals surface area contributed by atoms with Crippen molar-refractivity contribution in [3.05, 3.63) is 28.7 Å². The van der Waals surface area contributed by atoms with Gasteiger partial charge in [-0.3, -0.25) is 13.9 Å². The zero-order valence-corrected chi connectivity index (χ0v) is 11.3. The summed E-state index contributed by atoms with van der Waals surface area (Å²) < 4.78 is 3.13. The van der Waals surface area contributed by atoms with Gasteiger partial charge in [0.05, 0.1) is 11.0 Å². The predicted molar refractivity (Wildman–Crippen MR) is 75.0 cm³/mol. The molecule has 1 heterocycles. The van der Waals surface area contributed by atoms with Crippen molar-refractivity contribution in [3.8, 4) is 0 Å². The molecule has 102 valence electrons. The van der Waals surface area contributed by atoms with Crippen LogP contribution in [0.4, 0.5) is 5.69 Å². The molecule has 19 heavy (non-hydrogen) atoms. The van der Waals surface area contributed by atoms with Crippen LogP contribution < -0.4 is 16.7 Å². The van der Waals surface area contributed by atoms with E-state index in [0.717, 1.165) is 11.0 Å². The summed E-state index contributed by atoms with van der Waals surface area (Å²) in [6.07, 6.45) is 0. The number of carbonyl (C=O) groups excluding carboxylic acids is 1. The Balaban J connectivity index is 2.40. The fourth-order valence-corrected chi connectivity index (χ4v) is 1.96. The molecule has 6 nitrogen and oxygen atoms in total. The lowest BCUT2D eigenvalue weighted by molar-refractivity contribution is -0.119. The highest BCUT2D eigenvalue weighted by Crippen LogP contribution is 2.18. The van der Waals surface area contributed by atoms with Gasteiger partial charge in [0, 0.05) is 32.2 Å². The fraction of sp³-hybridized carbons (Fsp3) is 0.385. The minimum absolute atomic E-state index is 0.0891. The van der Waals surface area contributed by atoms with E-state index in [2.05, 4.69) is 5.32 Å². The average molecular weight is 262 g/mol. The topological polar surface area (TPSA) is 82.1 Å². The Hall–Kier alpha value is -2.08. The number of aromatic nitrogens is 2. The SMILES string of the molecule is CC(CN)C(=O)Nc1ccc2c(c1)n(C)c(=O)n2C. The molecule has 6 heteroatoms. The number of hydrogen-bond acceptors (Lipinski definition) is 3. The zero-order chi connectivity index (χ0) is 14.2. The number of carbonyl (C=O) groups is 1. The van der Waals surface area contributed by atoms with Crippen LogP contribution in [0.15, 0.2) is 23.0 Å². The lowest BCUT2D eigenvalue weighted by atomic mass is 10.1. The zero-order valence-electron chi connectivity index (χ0n) is 11.3. The Kier molecular flexibility index (Phi) is 3.44. The first-order valence-electron chi connectivity index (χ1n) is 6.12. The molecule has 1 amide bonds. The van der Waals surface area contributed by atoms with Crippen molar-refractivity contribution in [3.63, 3.8) is 0 Å². The van der Waals surface area contributed by atoms with Crippen LogP contribution in [0.2, 0.25) is 0 Å². The molecular formula is C13H18N4O2. The summed E-state index contributed by atoms with van der Waals surface area (Å²) in [4.78, 5) is 23.6. The van der Waals surface area contributed by atoms with Crippen LogP contribution in [-0.4, -0.2) is 21.6 Å². The van der Waals surface area contributed by atoms with E-state index in [4.69, 9.17) is 5.73 Å². The van der Waals surface area contributed by atoms with Crippen LogP contribution >= 0.6 is 0 Å². The first kappa shape index (κ1) is 13.4. The molecule has 0 saturated carbocycles. The van der Waals surface area contributed by atoms with E-state index in [1.54, 1.807) is 42.3 Å². The van der Waals surface area contributed by atoms with Gasteiger partial charge in [0.15, 0.2) is 0 Å². The third-order valence-corrected chi connectivity index (χ3v) is 3.34. The molecule has 1 unspecified atom stereocenters. The number of anilines is 1. The molecule has 0 radical (unpaired) electrons. The van der Waals surface area contributed by atoms with Gasteiger partial charge in [0.25, 0.3) is 0 Å². The number of amides is 1. The van der Waals surface area contributed by atoms with E-state index in [9.17, 15) is 9.59 Å². The summed E-state index contributed by atoms with van der Waals surface area (Å²) in [6.45, 7) is 2.07. The van der Waals surface area contributed by atoms with Crippen LogP contribution in [-0.2, 0) is 18.9 Å². The van der Waals surface area contributed by atoms with Gasteiger partial charge in [-0.05, 0) is 18.2 Å². The van der Waals surface area contributed by atoms with Crippen molar-refractivity contribution in [2.75, 3.05) is 11.9 Å². The second-order valence-corrected chi connectivity index (χ2v) is 4.73. The van der Waals surface area contributed by atoms with Gasteiger partial charge in [-0.25, -0.2) is 4.79 Å². The summed E-state index contributed by atoms with van der Waals surface area (Å²) >= 11 is 0. The Morgan fingerprint density at radius 2 is 1.95 bits per heavy atom. The van der Waals surface area contributed by atoms with Gasteiger partial charge in [-0.15, -0.1) is 0 Å². The van der Waals surface area contributed by atoms with E-state index in [0.29, 0.717) is 12.2 Å². The molecule has 0 saturated heterocycles. The van der Waals surface area contributed by atoms with Crippen LogP contribution in [0.25, 0.3) is 11.0 Å². The number of fused-ring (bicyclic) bond motifs is 1. The first-order chi connectivity index (χ1) is 8.95. The smallest absolute Gasteiger partial charge is 0.328 e. The van der Waals surface area contributed by atoms with Crippen LogP contribution in [0.5, 0.6) is 0 Å². The number of hydrogen-bond donors (Lipinski definition) is 2. The Morgan fingerprint density at radius 3 is 2.58 bits per heavy atom. The Morgan fingerprint density at radius 1 is 1.32 bits per heavy atom. The summed E-state index contributed by atoms with van der Waals surface area (Å²) in [6, 6.07) is 5.39. The molecule has 2 rings (SSSR count). The third-order valence-electron chi connectivity index (χ3n) is 3.34. The van der Waals surface area contributed by atoms with Gasteiger partial charge in [-0.1, -0.05) is 6.92 Å². The van der Waals surface area contributed by atoms with Gasteiger partial charge >= 0.3 is 5.69 Å². The standard InChI is InChI=1S/C13H18N4O2/c1-8(7-14)12(18)15-9-4-5-10-11(6-9)17(3)13(19)16(10)2/h4-6,8H,7,14H2,1-3H3,(H,15,18). The number of rotatable bonds is 3. The molecule has 0 spiro atoms. The van der Waals surface area contributed by atoms with Gasteiger partial charge in [0.1, 0.15) is 0 Å². The molecule has 1 aromatic heterocycles. The molecule has 1 aromatic carbocycles. The number of nitrogens with one attached hydrogen (secondary N) is 1. The van der Waals surface area contributed by atoms with Gasteiger partial charge in [-0.2, -0.15) is 0 Å². The number of aryl methyl sites for hydroxylation is 2. The van der Waals surface area contributed by atoms with E-state index >= 15 is 0 Å². The second-order valence-electron chi connectivity index (χ2n) is 4.73. The minimum atomic E-state index is -0.240. The molecule has 0 aliphatic carbocycles. The van der Waals surface area contributed by atoms with Crippen molar-refractivity contribution in [2.24, 2.45) is 25.7 Å². The Labute approximate surface area is 110 Å². The Bertz CT molecular complexity index is 684. The second kappa shape index (κ2) is 4.89. The number of benzene rings is 1. The monoisotopic (exact) mass is 262 g/mol. The highest BCUT2D eigenvalue weighted by atomic mass is 16.2. The average Bonchev–Trinajstić information content (AvgIpc) is 2.63. The molecule has 3 N–H and O–H groups in total. The first-order valence-corrected chi connectivity index (χ1v) is 6.12. The third kappa shape index (κ3) is 2.26. The van der Waals surface area contributed by atoms with Crippen LogP contribution in [0.3, 0.4) is 0 Å². The van der Waals surface area contributed by atoms with E-state index in [-0.39, 0.29) is 17.5 Å². The normalized spacial score (nSPS) is 12.6. The number of imidazole rings is 1. The quantitative estimate of drug-likeness (QED) is 0.840. The minimum Gasteiger partial charge on any atom is -0.330 e. The molecule has 0 aliphatic rings. The summed E-state index contributed by atoms with van der Waals surface area (Å²) in [5, 5.41) is 2.80. The lowest BCUT2D eigenvalue weighted by Gasteiger charge is -2.10. The van der Waals surface area contributed by atoms with Gasteiger partial charge < -0.3 is 11.1 Å². The fourth-order valence-electron chi connectivity index (χ4n) is 1.96. The molecule has 2 aromatic rings. The van der Waals surface area contributed by atoms with Crippen molar-refractivity contribution >= 4 is 22.6 Å². The van der Waals surface area contributed by atoms with Crippen molar-refractivity contribution < 1.29 is 4.79 Å². The largest absolute Gasteiger partial charge is 0.330 e. The highest BCUT2D eigenvalue weighted by Gasteiger charge is 2.12. The lowest BCUT2D eigenvalue weighted by Crippen LogP contribution is -2.26. The molecule has 0 bridgehead atoms. The van der Waals surface area contributed by atoms with Crippen molar-refractivity contribution in [2.45, 2.75) is 6.92 Å². The summed E-state index contributed by atoms with van der Waals surface area (Å²) in [7, 11) is 3.43. The number of nitrogens with zero attached hydrogens (tertiary/aromatic N) is 2. The van der Waals surface area contributed by atoms with Crippen LogP contribution in [0, 0.1) is 5.92 Å². The van der Waals surface area contributed by atoms with Crippen molar-refractivity contribution in [1.29, 1.82) is 0 Å².